The molecule has 3 heteroatoms. The summed E-state index contributed by atoms with van der Waals surface area (Å²) in [5.41, 5.74) is 16.2. The van der Waals surface area contributed by atoms with Gasteiger partial charge in [0.2, 0.25) is 0 Å². The molecule has 0 N–H and O–H groups in total. The van der Waals surface area contributed by atoms with Crippen LogP contribution in [0.5, 0.6) is 0 Å². The zero-order chi connectivity index (χ0) is 29.1. The quantitative estimate of drug-likeness (QED) is 0.272. The summed E-state index contributed by atoms with van der Waals surface area (Å²) in [6, 6.07) is 30.0. The first-order valence-corrected chi connectivity index (χ1v) is 18.8. The normalized spacial score (nSPS) is 14.8. The number of hydrogen-bond acceptors (Lipinski definition) is 0. The molecule has 43 heavy (non-hydrogen) atoms. The molecule has 0 saturated heterocycles. The summed E-state index contributed by atoms with van der Waals surface area (Å²) in [7, 11) is 0. The van der Waals surface area contributed by atoms with Gasteiger partial charge in [-0.3, -0.25) is 0 Å². The van der Waals surface area contributed by atoms with E-state index in [9.17, 15) is 0 Å². The van der Waals surface area contributed by atoms with Gasteiger partial charge in [0.1, 0.15) is 0 Å². The van der Waals surface area contributed by atoms with Gasteiger partial charge in [-0.1, -0.05) is 0 Å². The number of fused-ring (bicyclic) bond motifs is 3. The smallest absolute Gasteiger partial charge is 1.00 e. The van der Waals surface area contributed by atoms with Crippen LogP contribution in [0.25, 0.3) is 11.1 Å². The summed E-state index contributed by atoms with van der Waals surface area (Å²) in [6.45, 7) is 18.8. The van der Waals surface area contributed by atoms with E-state index in [2.05, 4.69) is 146 Å². The fourth-order valence-corrected chi connectivity index (χ4v) is 15.8. The van der Waals surface area contributed by atoms with E-state index in [0.717, 1.165) is 6.42 Å². The van der Waals surface area contributed by atoms with Crippen molar-refractivity contribution in [2.45, 2.75) is 61.8 Å². The van der Waals surface area contributed by atoms with Crippen molar-refractivity contribution < 1.29 is 46.1 Å². The molecule has 6 rings (SSSR count). The number of halogens is 2. The van der Waals surface area contributed by atoms with Crippen LogP contribution in [-0.2, 0) is 27.7 Å². The Bertz CT molecular complexity index is 1730. The first-order chi connectivity index (χ1) is 19.5. The molecule has 0 saturated carbocycles. The molecule has 0 aliphatic heterocycles. The molecule has 0 heterocycles. The number of aryl methyl sites for hydroxylation is 3. The maximum atomic E-state index is 2.63. The summed E-state index contributed by atoms with van der Waals surface area (Å²) in [5, 5.41) is 0. The van der Waals surface area contributed by atoms with Gasteiger partial charge in [-0.25, -0.2) is 0 Å². The zero-order valence-electron chi connectivity index (χ0n) is 26.7. The minimum absolute atomic E-state index is 0. The Balaban J connectivity index is 0.00000212. The first-order valence-electron chi connectivity index (χ1n) is 15.1. The minimum atomic E-state index is -2.79. The summed E-state index contributed by atoms with van der Waals surface area (Å²) >= 11 is -2.79. The molecule has 4 aromatic carbocycles. The van der Waals surface area contributed by atoms with Crippen molar-refractivity contribution in [3.63, 3.8) is 0 Å². The Labute approximate surface area is 279 Å². The molecule has 0 fully saturated rings. The number of benzene rings is 4. The molecule has 220 valence electrons. The molecule has 2 aliphatic carbocycles. The molecule has 2 aliphatic rings. The molecule has 0 radical (unpaired) electrons. The van der Waals surface area contributed by atoms with E-state index in [-0.39, 0.29) is 30.2 Å². The van der Waals surface area contributed by atoms with Crippen molar-refractivity contribution in [3.05, 3.63) is 144 Å². The molecule has 0 spiro atoms. The molecular weight excluding hydrogens is 643 g/mol. The van der Waals surface area contributed by atoms with E-state index in [0.29, 0.717) is 5.92 Å². The van der Waals surface area contributed by atoms with Crippen molar-refractivity contribution in [2.24, 2.45) is 11.3 Å². The van der Waals surface area contributed by atoms with Crippen molar-refractivity contribution >= 4 is 6.48 Å². The third kappa shape index (κ3) is 6.16. The second-order valence-electron chi connectivity index (χ2n) is 13.2. The van der Waals surface area contributed by atoms with Crippen LogP contribution in [0.3, 0.4) is 0 Å². The van der Waals surface area contributed by atoms with Gasteiger partial charge >= 0.3 is 256 Å². The Morgan fingerprint density at radius 3 is 1.79 bits per heavy atom. The predicted molar refractivity (Wildman–Crippen MR) is 174 cm³/mol. The van der Waals surface area contributed by atoms with Crippen LogP contribution in [-0.4, -0.2) is 3.21 Å². The summed E-state index contributed by atoms with van der Waals surface area (Å²) in [6.07, 6.45) is 6.25. The molecule has 0 aromatic heterocycles. The van der Waals surface area contributed by atoms with Crippen molar-refractivity contribution in [3.8, 4) is 11.1 Å². The minimum Gasteiger partial charge on any atom is -1.00 e. The Morgan fingerprint density at radius 2 is 1.26 bits per heavy atom. The van der Waals surface area contributed by atoms with E-state index in [1.54, 1.807) is 15.3 Å². The van der Waals surface area contributed by atoms with Gasteiger partial charge in [0, 0.05) is 0 Å². The van der Waals surface area contributed by atoms with Gasteiger partial charge in [-0.15, -0.1) is 0 Å². The topological polar surface area (TPSA) is 0 Å². The summed E-state index contributed by atoms with van der Waals surface area (Å²) < 4.78 is 5.02. The average Bonchev–Trinajstić information content (AvgIpc) is 3.50. The standard InChI is InChI=1S/C17H17.C13H10.C10H15.2ClH.Zr/c1-10-5-14-9-15-6-11(2)13(4)8-17(15)16(14)7-12(10)3;1-3-7-12(8-4-1)11-13-9-5-2-6-10-13;1-8-5-6-9(7-8)10(2,3)4;;;/h5,7-8H,9H2,1-4H3;1-10H;6-8H,1-4H3;2*1H;/q;;;;;+2/p-2. The Kier molecular flexibility index (Phi) is 10.1. The molecule has 0 bridgehead atoms. The number of rotatable bonds is 4. The van der Waals surface area contributed by atoms with Crippen LogP contribution in [0.2, 0.25) is 0 Å². The van der Waals surface area contributed by atoms with Gasteiger partial charge < -0.3 is 24.8 Å². The van der Waals surface area contributed by atoms with E-state index in [1.807, 2.05) is 0 Å². The van der Waals surface area contributed by atoms with Gasteiger partial charge in [-0.05, 0) is 0 Å². The largest absolute Gasteiger partial charge is 1.00 e. The van der Waals surface area contributed by atoms with Crippen LogP contribution in [0.15, 0.2) is 99.9 Å². The van der Waals surface area contributed by atoms with Crippen molar-refractivity contribution in [1.29, 1.82) is 0 Å². The van der Waals surface area contributed by atoms with Gasteiger partial charge in [-0.2, -0.15) is 0 Å². The van der Waals surface area contributed by atoms with Crippen LogP contribution in [0, 0.1) is 39.0 Å². The van der Waals surface area contributed by atoms with Crippen LogP contribution in [0.1, 0.15) is 72.2 Å². The molecule has 0 nitrogen and oxygen atoms in total. The fraction of sp³-hybridized carbons (Fsp3) is 0.275. The monoisotopic (exact) mass is 682 g/mol. The van der Waals surface area contributed by atoms with Gasteiger partial charge in [0.15, 0.2) is 0 Å². The maximum Gasteiger partial charge on any atom is -1.00 e. The van der Waals surface area contributed by atoms with Gasteiger partial charge in [0.05, 0.1) is 0 Å². The van der Waals surface area contributed by atoms with Crippen molar-refractivity contribution in [2.75, 3.05) is 0 Å². The number of allylic oxidation sites excluding steroid dienone is 4. The van der Waals surface area contributed by atoms with Crippen LogP contribution >= 0.6 is 0 Å². The van der Waals surface area contributed by atoms with E-state index >= 15 is 0 Å². The summed E-state index contributed by atoms with van der Waals surface area (Å²) in [5.74, 6) is 0.449. The fourth-order valence-electron chi connectivity index (χ4n) is 6.75. The van der Waals surface area contributed by atoms with Crippen LogP contribution < -0.4 is 28.1 Å². The van der Waals surface area contributed by atoms with Crippen LogP contribution in [0.4, 0.5) is 0 Å². The molecule has 4 aromatic rings. The third-order valence-corrected chi connectivity index (χ3v) is 17.8. The summed E-state index contributed by atoms with van der Waals surface area (Å²) in [4.78, 5) is 0. The SMILES string of the molecule is Cc1cc2c(cc1C)-c1cc(C)c(C)[c]([Zr+2]([C]3=CC(C(C)(C)C)=CC3C)=[C](c3ccccc3)c3ccccc3)c1C2.[Cl-].[Cl-]. The van der Waals surface area contributed by atoms with Crippen molar-refractivity contribution in [1.82, 2.24) is 0 Å². The average molecular weight is 685 g/mol. The Morgan fingerprint density at radius 1 is 0.721 bits per heavy atom. The maximum absolute atomic E-state index is 2.79. The zero-order valence-corrected chi connectivity index (χ0v) is 30.7. The molecule has 1 unspecified atom stereocenters. The molecule has 0 amide bonds. The van der Waals surface area contributed by atoms with E-state index in [4.69, 9.17) is 0 Å². The third-order valence-electron chi connectivity index (χ3n) is 9.34. The molecular formula is C40H42Cl2Zr. The first kappa shape index (κ1) is 33.6. The second-order valence-corrected chi connectivity index (χ2v) is 19.0. The number of hydrogen-bond donors (Lipinski definition) is 0. The van der Waals surface area contributed by atoms with E-state index < -0.39 is 21.3 Å². The second kappa shape index (κ2) is 13.0. The molecule has 1 atom stereocenters. The van der Waals surface area contributed by atoms with E-state index in [1.165, 1.54) is 55.6 Å². The van der Waals surface area contributed by atoms with Gasteiger partial charge in [0.25, 0.3) is 0 Å². The predicted octanol–water partition coefficient (Wildman–Crippen LogP) is 3.52. The Hall–Kier alpha value is -2.31.